The minimum atomic E-state index is -0.214. The van der Waals surface area contributed by atoms with Crippen LogP contribution in [0.5, 0.6) is 0 Å². The predicted molar refractivity (Wildman–Crippen MR) is 49.4 cm³/mol. The second kappa shape index (κ2) is 2.92. The van der Waals surface area contributed by atoms with Crippen LogP contribution < -0.4 is 0 Å². The summed E-state index contributed by atoms with van der Waals surface area (Å²) in [6.07, 6.45) is 3.53. The molecule has 2 aliphatic rings. The summed E-state index contributed by atoms with van der Waals surface area (Å²) in [5.41, 5.74) is -0.0702. The van der Waals surface area contributed by atoms with Gasteiger partial charge in [-0.3, -0.25) is 14.5 Å². The van der Waals surface area contributed by atoms with Crippen molar-refractivity contribution in [2.75, 3.05) is 6.54 Å². The van der Waals surface area contributed by atoms with Gasteiger partial charge in [-0.15, -0.1) is 0 Å². The molecule has 14 heavy (non-hydrogen) atoms. The fourth-order valence-corrected chi connectivity index (χ4v) is 1.64. The van der Waals surface area contributed by atoms with Crippen molar-refractivity contribution in [1.82, 2.24) is 4.90 Å². The number of imide groups is 1. The summed E-state index contributed by atoms with van der Waals surface area (Å²) in [7, 11) is 0. The lowest BCUT2D eigenvalue weighted by molar-refractivity contribution is -0.136. The van der Waals surface area contributed by atoms with Crippen LogP contribution in [0.15, 0.2) is 12.2 Å². The fourth-order valence-electron chi connectivity index (χ4n) is 1.64. The van der Waals surface area contributed by atoms with Crippen LogP contribution in [-0.4, -0.2) is 35.0 Å². The highest BCUT2D eigenvalue weighted by molar-refractivity contribution is 6.12. The van der Waals surface area contributed by atoms with Crippen LogP contribution >= 0.6 is 0 Å². The molecule has 0 radical (unpaired) electrons. The Morgan fingerprint density at radius 2 is 1.86 bits per heavy atom. The van der Waals surface area contributed by atoms with Crippen LogP contribution in [0.1, 0.15) is 20.3 Å². The summed E-state index contributed by atoms with van der Waals surface area (Å²) in [5, 5.41) is 0. The lowest BCUT2D eigenvalue weighted by Crippen LogP contribution is -2.31. The van der Waals surface area contributed by atoms with Crippen LogP contribution in [0.4, 0.5) is 0 Å². The first-order valence-electron chi connectivity index (χ1n) is 4.72. The first-order valence-corrected chi connectivity index (χ1v) is 4.72. The number of hydrogen-bond donors (Lipinski definition) is 0. The molecular weight excluding hydrogens is 182 g/mol. The standard InChI is InChI=1S/C10H13NO3/c1-10(2)7(14-10)5-6-11-8(12)3-4-9(11)13/h3-4,7H,5-6H2,1-2H3. The van der Waals surface area contributed by atoms with Gasteiger partial charge in [-0.2, -0.15) is 0 Å². The van der Waals surface area contributed by atoms with E-state index >= 15 is 0 Å². The SMILES string of the molecule is CC1(C)OC1CCN1C(=O)C=CC1=O. The highest BCUT2D eigenvalue weighted by Crippen LogP contribution is 2.37. The molecule has 0 N–H and O–H groups in total. The summed E-state index contributed by atoms with van der Waals surface area (Å²) in [6, 6.07) is 0. The molecule has 2 aliphatic heterocycles. The van der Waals surface area contributed by atoms with Crippen LogP contribution in [0.25, 0.3) is 0 Å². The van der Waals surface area contributed by atoms with Crippen molar-refractivity contribution in [3.8, 4) is 0 Å². The van der Waals surface area contributed by atoms with E-state index < -0.39 is 0 Å². The normalized spacial score (nSPS) is 28.7. The second-order valence-corrected chi connectivity index (χ2v) is 4.16. The number of nitrogens with zero attached hydrogens (tertiary/aromatic N) is 1. The maximum Gasteiger partial charge on any atom is 0.253 e. The molecule has 1 saturated heterocycles. The zero-order chi connectivity index (χ0) is 10.3. The molecule has 76 valence electrons. The third-order valence-corrected chi connectivity index (χ3v) is 2.68. The second-order valence-electron chi connectivity index (χ2n) is 4.16. The lowest BCUT2D eigenvalue weighted by atomic mass is 10.1. The van der Waals surface area contributed by atoms with Gasteiger partial charge >= 0.3 is 0 Å². The molecule has 4 nitrogen and oxygen atoms in total. The molecule has 0 aromatic carbocycles. The van der Waals surface area contributed by atoms with Gasteiger partial charge in [0.05, 0.1) is 11.7 Å². The molecule has 0 aromatic heterocycles. The van der Waals surface area contributed by atoms with E-state index in [2.05, 4.69) is 0 Å². The summed E-state index contributed by atoms with van der Waals surface area (Å²) < 4.78 is 5.36. The Kier molecular flexibility index (Phi) is 1.96. The zero-order valence-corrected chi connectivity index (χ0v) is 8.32. The van der Waals surface area contributed by atoms with E-state index in [1.807, 2.05) is 13.8 Å². The molecule has 0 aliphatic carbocycles. The molecule has 1 unspecified atom stereocenters. The zero-order valence-electron chi connectivity index (χ0n) is 8.32. The lowest BCUT2D eigenvalue weighted by Gasteiger charge is -2.12. The maximum atomic E-state index is 11.2. The van der Waals surface area contributed by atoms with Crippen LogP contribution in [0.3, 0.4) is 0 Å². The van der Waals surface area contributed by atoms with E-state index in [4.69, 9.17) is 4.74 Å². The van der Waals surface area contributed by atoms with Crippen molar-refractivity contribution in [2.45, 2.75) is 32.0 Å². The van der Waals surface area contributed by atoms with Gasteiger partial charge in [0.15, 0.2) is 0 Å². The van der Waals surface area contributed by atoms with E-state index in [0.29, 0.717) is 6.54 Å². The Hall–Kier alpha value is -1.16. The number of amides is 2. The third-order valence-electron chi connectivity index (χ3n) is 2.68. The largest absolute Gasteiger partial charge is 0.367 e. The van der Waals surface area contributed by atoms with Gasteiger partial charge in [0, 0.05) is 18.7 Å². The molecule has 2 heterocycles. The summed E-state index contributed by atoms with van der Waals surface area (Å²) in [4.78, 5) is 23.6. The van der Waals surface area contributed by atoms with Crippen molar-refractivity contribution < 1.29 is 14.3 Å². The van der Waals surface area contributed by atoms with Crippen LogP contribution in [0, 0.1) is 0 Å². The van der Waals surface area contributed by atoms with E-state index in [0.717, 1.165) is 6.42 Å². The summed E-state index contributed by atoms with van der Waals surface area (Å²) in [6.45, 7) is 4.46. The van der Waals surface area contributed by atoms with Gasteiger partial charge < -0.3 is 4.74 Å². The number of hydrogen-bond acceptors (Lipinski definition) is 3. The highest BCUT2D eigenvalue weighted by Gasteiger charge is 2.47. The number of carbonyl (C=O) groups excluding carboxylic acids is 2. The minimum Gasteiger partial charge on any atom is -0.367 e. The third kappa shape index (κ3) is 1.57. The highest BCUT2D eigenvalue weighted by atomic mass is 16.6. The summed E-state index contributed by atoms with van der Waals surface area (Å²) in [5.74, 6) is -0.429. The molecule has 2 amide bonds. The van der Waals surface area contributed by atoms with Gasteiger partial charge in [-0.1, -0.05) is 0 Å². The van der Waals surface area contributed by atoms with Gasteiger partial charge in [0.2, 0.25) is 0 Å². The van der Waals surface area contributed by atoms with Crippen LogP contribution in [-0.2, 0) is 14.3 Å². The summed E-state index contributed by atoms with van der Waals surface area (Å²) >= 11 is 0. The van der Waals surface area contributed by atoms with Gasteiger partial charge in [0.1, 0.15) is 0 Å². The number of epoxide rings is 1. The Labute approximate surface area is 82.5 Å². The first-order chi connectivity index (χ1) is 6.50. The first kappa shape index (κ1) is 9.40. The van der Waals surface area contributed by atoms with E-state index in [1.54, 1.807) is 0 Å². The quantitative estimate of drug-likeness (QED) is 0.486. The van der Waals surface area contributed by atoms with Crippen molar-refractivity contribution in [1.29, 1.82) is 0 Å². The molecule has 4 heteroatoms. The fraction of sp³-hybridized carbons (Fsp3) is 0.600. The number of rotatable bonds is 3. The average Bonchev–Trinajstić information content (AvgIpc) is 2.58. The van der Waals surface area contributed by atoms with Gasteiger partial charge in [0.25, 0.3) is 11.8 Å². The minimum absolute atomic E-state index is 0.0702. The molecule has 2 rings (SSSR count). The molecule has 0 bridgehead atoms. The maximum absolute atomic E-state index is 11.2. The van der Waals surface area contributed by atoms with Crippen molar-refractivity contribution in [2.24, 2.45) is 0 Å². The monoisotopic (exact) mass is 195 g/mol. The van der Waals surface area contributed by atoms with Crippen molar-refractivity contribution in [3.63, 3.8) is 0 Å². The average molecular weight is 195 g/mol. The Morgan fingerprint density at radius 3 is 2.29 bits per heavy atom. The van der Waals surface area contributed by atoms with Gasteiger partial charge in [-0.05, 0) is 20.3 Å². The molecular formula is C10H13NO3. The number of ether oxygens (including phenoxy) is 1. The smallest absolute Gasteiger partial charge is 0.253 e. The van der Waals surface area contributed by atoms with Gasteiger partial charge in [-0.25, -0.2) is 0 Å². The Balaban J connectivity index is 1.82. The van der Waals surface area contributed by atoms with E-state index in [1.165, 1.54) is 17.1 Å². The molecule has 1 atom stereocenters. The predicted octanol–water partition coefficient (Wildman–Crippen LogP) is 0.479. The Bertz CT molecular complexity index is 301. The van der Waals surface area contributed by atoms with Crippen LogP contribution in [0.2, 0.25) is 0 Å². The molecule has 1 fully saturated rings. The van der Waals surface area contributed by atoms with Crippen molar-refractivity contribution in [3.05, 3.63) is 12.2 Å². The Morgan fingerprint density at radius 1 is 1.36 bits per heavy atom. The van der Waals surface area contributed by atoms with E-state index in [9.17, 15) is 9.59 Å². The topological polar surface area (TPSA) is 49.9 Å². The van der Waals surface area contributed by atoms with Crippen molar-refractivity contribution >= 4 is 11.8 Å². The number of carbonyl (C=O) groups is 2. The van der Waals surface area contributed by atoms with E-state index in [-0.39, 0.29) is 23.5 Å². The molecule has 0 aromatic rings. The molecule has 0 saturated carbocycles. The molecule has 0 spiro atoms.